The normalized spacial score (nSPS) is 17.3. The number of rotatable bonds is 8. The number of carbonyl (C=O) groups excluding carboxylic acids is 1. The third-order valence-electron chi connectivity index (χ3n) is 4.83. The Morgan fingerprint density at radius 1 is 1.32 bits per heavy atom. The van der Waals surface area contributed by atoms with Gasteiger partial charge in [-0.25, -0.2) is 4.99 Å². The molecule has 5 N–H and O–H groups in total. The van der Waals surface area contributed by atoms with Crippen molar-refractivity contribution in [3.05, 3.63) is 23.7 Å². The highest BCUT2D eigenvalue weighted by molar-refractivity contribution is 5.89. The molecule has 140 valence electrons. The first kappa shape index (κ1) is 19.3. The molecule has 1 aromatic heterocycles. The summed E-state index contributed by atoms with van der Waals surface area (Å²) in [7, 11) is 0. The molecular formula is C18H30N4O3. The van der Waals surface area contributed by atoms with Gasteiger partial charge in [-0.15, -0.1) is 0 Å². The van der Waals surface area contributed by atoms with E-state index in [2.05, 4.69) is 15.6 Å². The molecule has 0 aromatic carbocycles. The fraction of sp³-hybridized carbons (Fsp3) is 0.667. The second-order valence-corrected chi connectivity index (χ2v) is 6.71. The number of furan rings is 1. The van der Waals surface area contributed by atoms with Crippen molar-refractivity contribution in [1.29, 1.82) is 0 Å². The lowest BCUT2D eigenvalue weighted by molar-refractivity contribution is 0.0972. The number of aliphatic hydroxyl groups is 1. The summed E-state index contributed by atoms with van der Waals surface area (Å²) >= 11 is 0. The van der Waals surface area contributed by atoms with Gasteiger partial charge in [-0.3, -0.25) is 4.79 Å². The SMILES string of the molecule is CCNC(=NCc1ccc(C(N)=O)o1)NCC1(CCO)CCCCC1. The number of guanidine groups is 1. The van der Waals surface area contributed by atoms with Crippen LogP contribution in [0.3, 0.4) is 0 Å². The maximum Gasteiger partial charge on any atom is 0.284 e. The van der Waals surface area contributed by atoms with E-state index in [0.717, 1.165) is 32.4 Å². The van der Waals surface area contributed by atoms with Gasteiger partial charge in [0.2, 0.25) is 0 Å². The Morgan fingerprint density at radius 3 is 2.68 bits per heavy atom. The molecule has 2 rings (SSSR count). The lowest BCUT2D eigenvalue weighted by Crippen LogP contribution is -2.44. The van der Waals surface area contributed by atoms with Gasteiger partial charge < -0.3 is 25.9 Å². The third kappa shape index (κ3) is 5.77. The summed E-state index contributed by atoms with van der Waals surface area (Å²) in [4.78, 5) is 15.6. The zero-order valence-corrected chi connectivity index (χ0v) is 15.0. The van der Waals surface area contributed by atoms with Crippen molar-refractivity contribution >= 4 is 11.9 Å². The number of nitrogens with zero attached hydrogens (tertiary/aromatic N) is 1. The van der Waals surface area contributed by atoms with E-state index < -0.39 is 5.91 Å². The summed E-state index contributed by atoms with van der Waals surface area (Å²) in [6, 6.07) is 3.27. The third-order valence-corrected chi connectivity index (χ3v) is 4.83. The molecule has 1 aromatic rings. The topological polar surface area (TPSA) is 113 Å². The average molecular weight is 350 g/mol. The highest BCUT2D eigenvalue weighted by atomic mass is 16.3. The molecule has 0 spiro atoms. The number of aliphatic imine (C=N–C) groups is 1. The van der Waals surface area contributed by atoms with Gasteiger partial charge in [0, 0.05) is 19.7 Å². The number of aliphatic hydroxyl groups excluding tert-OH is 1. The van der Waals surface area contributed by atoms with Crippen LogP contribution in [0.1, 0.15) is 61.8 Å². The van der Waals surface area contributed by atoms with Crippen LogP contribution in [-0.4, -0.2) is 36.7 Å². The van der Waals surface area contributed by atoms with Crippen molar-refractivity contribution in [2.24, 2.45) is 16.1 Å². The molecule has 0 unspecified atom stereocenters. The van der Waals surface area contributed by atoms with E-state index in [-0.39, 0.29) is 17.8 Å². The molecule has 0 atom stereocenters. The minimum Gasteiger partial charge on any atom is -0.454 e. The molecule has 0 saturated heterocycles. The molecule has 7 nitrogen and oxygen atoms in total. The van der Waals surface area contributed by atoms with Gasteiger partial charge in [0.25, 0.3) is 5.91 Å². The zero-order valence-electron chi connectivity index (χ0n) is 15.0. The average Bonchev–Trinajstić information content (AvgIpc) is 3.08. The molecule has 1 saturated carbocycles. The largest absolute Gasteiger partial charge is 0.454 e. The zero-order chi connectivity index (χ0) is 18.1. The minimum absolute atomic E-state index is 0.146. The smallest absolute Gasteiger partial charge is 0.284 e. The van der Waals surface area contributed by atoms with Crippen molar-refractivity contribution in [2.75, 3.05) is 19.7 Å². The molecule has 0 radical (unpaired) electrons. The molecule has 1 fully saturated rings. The second kappa shape index (κ2) is 9.46. The van der Waals surface area contributed by atoms with E-state index in [9.17, 15) is 9.90 Å². The fourth-order valence-electron chi connectivity index (χ4n) is 3.42. The summed E-state index contributed by atoms with van der Waals surface area (Å²) in [6.07, 6.45) is 6.82. The maximum absolute atomic E-state index is 11.1. The molecule has 1 amide bonds. The van der Waals surface area contributed by atoms with Gasteiger partial charge in [-0.1, -0.05) is 19.3 Å². The van der Waals surface area contributed by atoms with Crippen LogP contribution in [0.25, 0.3) is 0 Å². The monoisotopic (exact) mass is 350 g/mol. The van der Waals surface area contributed by atoms with Gasteiger partial charge in [0.15, 0.2) is 11.7 Å². The minimum atomic E-state index is -0.580. The number of hydrogen-bond acceptors (Lipinski definition) is 4. The van der Waals surface area contributed by atoms with Crippen molar-refractivity contribution in [3.63, 3.8) is 0 Å². The highest BCUT2D eigenvalue weighted by Gasteiger charge is 2.31. The molecule has 1 aliphatic carbocycles. The Morgan fingerprint density at radius 2 is 2.08 bits per heavy atom. The van der Waals surface area contributed by atoms with Crippen LogP contribution < -0.4 is 16.4 Å². The van der Waals surface area contributed by atoms with Crippen LogP contribution in [0.2, 0.25) is 0 Å². The first-order valence-corrected chi connectivity index (χ1v) is 9.10. The van der Waals surface area contributed by atoms with Gasteiger partial charge in [0.1, 0.15) is 12.3 Å². The molecular weight excluding hydrogens is 320 g/mol. The maximum atomic E-state index is 11.1. The van der Waals surface area contributed by atoms with E-state index in [1.54, 1.807) is 12.1 Å². The van der Waals surface area contributed by atoms with E-state index in [1.807, 2.05) is 6.92 Å². The first-order valence-electron chi connectivity index (χ1n) is 9.10. The quantitative estimate of drug-likeness (QED) is 0.421. The Hall–Kier alpha value is -2.02. The first-order chi connectivity index (χ1) is 12.1. The Balaban J connectivity index is 1.97. The van der Waals surface area contributed by atoms with Crippen molar-refractivity contribution in [1.82, 2.24) is 10.6 Å². The molecule has 0 aliphatic heterocycles. The van der Waals surface area contributed by atoms with Crippen LogP contribution >= 0.6 is 0 Å². The number of nitrogens with one attached hydrogen (secondary N) is 2. The van der Waals surface area contributed by atoms with E-state index in [0.29, 0.717) is 18.3 Å². The Kier molecular flexibility index (Phi) is 7.31. The van der Waals surface area contributed by atoms with E-state index in [1.165, 1.54) is 19.3 Å². The van der Waals surface area contributed by atoms with Crippen LogP contribution in [0.15, 0.2) is 21.5 Å². The van der Waals surface area contributed by atoms with Crippen LogP contribution in [0.4, 0.5) is 0 Å². The lowest BCUT2D eigenvalue weighted by atomic mass is 9.72. The van der Waals surface area contributed by atoms with Crippen molar-refractivity contribution < 1.29 is 14.3 Å². The predicted molar refractivity (Wildman–Crippen MR) is 97.3 cm³/mol. The summed E-state index contributed by atoms with van der Waals surface area (Å²) in [6.45, 7) is 4.11. The van der Waals surface area contributed by atoms with Gasteiger partial charge >= 0.3 is 0 Å². The number of nitrogens with two attached hydrogens (primary N) is 1. The molecule has 0 bridgehead atoms. The fourth-order valence-corrected chi connectivity index (χ4v) is 3.42. The number of carbonyl (C=O) groups is 1. The molecule has 25 heavy (non-hydrogen) atoms. The van der Waals surface area contributed by atoms with Crippen molar-refractivity contribution in [3.8, 4) is 0 Å². The van der Waals surface area contributed by atoms with Gasteiger partial charge in [0.05, 0.1) is 0 Å². The Labute approximate surface area is 149 Å². The second-order valence-electron chi connectivity index (χ2n) is 6.71. The molecule has 1 aliphatic rings. The molecule has 1 heterocycles. The highest BCUT2D eigenvalue weighted by Crippen LogP contribution is 2.38. The van der Waals surface area contributed by atoms with Crippen molar-refractivity contribution in [2.45, 2.75) is 52.0 Å². The summed E-state index contributed by atoms with van der Waals surface area (Å²) in [5, 5.41) is 16.1. The predicted octanol–water partition coefficient (Wildman–Crippen LogP) is 1.77. The summed E-state index contributed by atoms with van der Waals surface area (Å²) < 4.78 is 5.36. The summed E-state index contributed by atoms with van der Waals surface area (Å²) in [5.41, 5.74) is 5.34. The number of amides is 1. The molecule has 7 heteroatoms. The van der Waals surface area contributed by atoms with Crippen LogP contribution in [0.5, 0.6) is 0 Å². The summed E-state index contributed by atoms with van der Waals surface area (Å²) in [5.74, 6) is 0.868. The lowest BCUT2D eigenvalue weighted by Gasteiger charge is -2.37. The standard InChI is InChI=1S/C18H30N4O3/c1-2-20-17(21-12-14-6-7-15(25-14)16(19)24)22-13-18(10-11-23)8-4-3-5-9-18/h6-7,23H,2-5,8-13H2,1H3,(H2,19,24)(H2,20,21,22). The number of hydrogen-bond donors (Lipinski definition) is 4. The van der Waals surface area contributed by atoms with E-state index in [4.69, 9.17) is 10.2 Å². The number of primary amides is 1. The van der Waals surface area contributed by atoms with Gasteiger partial charge in [-0.2, -0.15) is 0 Å². The van der Waals surface area contributed by atoms with Crippen LogP contribution in [0, 0.1) is 5.41 Å². The van der Waals surface area contributed by atoms with Crippen LogP contribution in [-0.2, 0) is 6.54 Å². The van der Waals surface area contributed by atoms with Gasteiger partial charge in [-0.05, 0) is 43.7 Å². The Bertz CT molecular complexity index is 571. The van der Waals surface area contributed by atoms with E-state index >= 15 is 0 Å².